The number of hydrogen-bond acceptors (Lipinski definition) is 5. The molecule has 0 spiro atoms. The molecule has 0 fully saturated rings. The van der Waals surface area contributed by atoms with Gasteiger partial charge in [0.25, 0.3) is 0 Å². The van der Waals surface area contributed by atoms with Crippen LogP contribution in [0.2, 0.25) is 0 Å². The van der Waals surface area contributed by atoms with Crippen LogP contribution in [-0.2, 0) is 19.7 Å². The van der Waals surface area contributed by atoms with Gasteiger partial charge in [0.05, 0.1) is 13.4 Å². The van der Waals surface area contributed by atoms with E-state index < -0.39 is 0 Å². The maximum absolute atomic E-state index is 5.89. The molecule has 0 aliphatic rings. The van der Waals surface area contributed by atoms with Crippen LogP contribution in [0, 0.1) is 5.92 Å². The number of thiophene rings is 1. The summed E-state index contributed by atoms with van der Waals surface area (Å²) >= 11 is 1.69. The van der Waals surface area contributed by atoms with Crippen molar-refractivity contribution in [3.63, 3.8) is 0 Å². The molecule has 3 aromatic rings. The second-order valence-electron chi connectivity index (χ2n) is 6.35. The average molecular weight is 372 g/mol. The van der Waals surface area contributed by atoms with E-state index in [1.54, 1.807) is 18.4 Å². The fourth-order valence-electron chi connectivity index (χ4n) is 2.77. The van der Waals surface area contributed by atoms with E-state index in [-0.39, 0.29) is 0 Å². The van der Waals surface area contributed by atoms with Crippen molar-refractivity contribution < 1.29 is 9.47 Å². The molecular formula is C20H25N3O2S. The van der Waals surface area contributed by atoms with Crippen molar-refractivity contribution in [1.82, 2.24) is 14.9 Å². The van der Waals surface area contributed by atoms with Crippen LogP contribution in [0.4, 0.5) is 0 Å². The number of nitrogens with zero attached hydrogens (tertiary/aromatic N) is 2. The Kier molecular flexibility index (Phi) is 6.68. The first-order chi connectivity index (χ1) is 12.7. The van der Waals surface area contributed by atoms with Crippen LogP contribution in [0.5, 0.6) is 11.5 Å². The number of hydrogen-bond donors (Lipinski definition) is 1. The Morgan fingerprint density at radius 3 is 2.92 bits per heavy atom. The van der Waals surface area contributed by atoms with E-state index in [4.69, 9.17) is 9.47 Å². The molecule has 0 saturated carbocycles. The predicted molar refractivity (Wildman–Crippen MR) is 105 cm³/mol. The summed E-state index contributed by atoms with van der Waals surface area (Å²) in [5, 5.41) is 5.56. The van der Waals surface area contributed by atoms with Crippen LogP contribution in [0.25, 0.3) is 0 Å². The molecule has 0 radical (unpaired) electrons. The predicted octanol–water partition coefficient (Wildman–Crippen LogP) is 3.96. The second kappa shape index (κ2) is 9.40. The maximum atomic E-state index is 5.89. The fraction of sp³-hybridized carbons (Fsp3) is 0.350. The minimum absolute atomic E-state index is 0.527. The summed E-state index contributed by atoms with van der Waals surface area (Å²) in [5.41, 5.74) is 1.18. The van der Waals surface area contributed by atoms with E-state index in [9.17, 15) is 0 Å². The molecule has 5 nitrogen and oxygen atoms in total. The molecule has 0 amide bonds. The molecule has 1 atom stereocenters. The maximum Gasteiger partial charge on any atom is 0.161 e. The van der Waals surface area contributed by atoms with Gasteiger partial charge < -0.3 is 19.4 Å². The van der Waals surface area contributed by atoms with E-state index in [1.165, 1.54) is 10.4 Å². The average Bonchev–Trinajstić information content (AvgIpc) is 3.34. The molecule has 0 aliphatic heterocycles. The molecule has 2 heterocycles. The molecule has 0 aliphatic carbocycles. The number of rotatable bonds is 10. The number of ether oxygens (including phenoxy) is 2. The molecule has 3 rings (SSSR count). The van der Waals surface area contributed by atoms with Gasteiger partial charge in [0.1, 0.15) is 6.61 Å². The Bertz CT molecular complexity index is 772. The topological polar surface area (TPSA) is 48.3 Å². The largest absolute Gasteiger partial charge is 0.493 e. The van der Waals surface area contributed by atoms with E-state index in [0.717, 1.165) is 31.1 Å². The Balaban J connectivity index is 1.48. The molecule has 1 unspecified atom stereocenters. The highest BCUT2D eigenvalue weighted by atomic mass is 32.1. The normalized spacial score (nSPS) is 12.1. The van der Waals surface area contributed by atoms with Gasteiger partial charge in [-0.1, -0.05) is 19.1 Å². The SMILES string of the molecule is COc1cc(CNCC(C)Cn2ccnc2)ccc1OCc1cccs1. The first kappa shape index (κ1) is 18.5. The van der Waals surface area contributed by atoms with Crippen molar-refractivity contribution in [2.45, 2.75) is 26.6 Å². The second-order valence-corrected chi connectivity index (χ2v) is 7.38. The zero-order valence-corrected chi connectivity index (χ0v) is 16.0. The van der Waals surface area contributed by atoms with Gasteiger partial charge >= 0.3 is 0 Å². The van der Waals surface area contributed by atoms with Crippen molar-refractivity contribution in [1.29, 1.82) is 0 Å². The van der Waals surface area contributed by atoms with Crippen molar-refractivity contribution in [2.75, 3.05) is 13.7 Å². The van der Waals surface area contributed by atoms with E-state index in [2.05, 4.69) is 39.3 Å². The molecule has 0 bridgehead atoms. The first-order valence-electron chi connectivity index (χ1n) is 8.73. The quantitative estimate of drug-likeness (QED) is 0.586. The minimum Gasteiger partial charge on any atom is -0.493 e. The van der Waals surface area contributed by atoms with E-state index in [0.29, 0.717) is 12.5 Å². The summed E-state index contributed by atoms with van der Waals surface area (Å²) in [7, 11) is 1.68. The molecular weight excluding hydrogens is 346 g/mol. The Hall–Kier alpha value is -2.31. The summed E-state index contributed by atoms with van der Waals surface area (Å²) < 4.78 is 13.5. The zero-order chi connectivity index (χ0) is 18.2. The molecule has 0 saturated heterocycles. The molecule has 26 heavy (non-hydrogen) atoms. The van der Waals surface area contributed by atoms with E-state index in [1.807, 2.05) is 36.9 Å². The Labute approximate surface area is 158 Å². The van der Waals surface area contributed by atoms with Gasteiger partial charge in [-0.3, -0.25) is 0 Å². The van der Waals surface area contributed by atoms with Crippen molar-refractivity contribution in [3.8, 4) is 11.5 Å². The van der Waals surface area contributed by atoms with Crippen LogP contribution >= 0.6 is 11.3 Å². The van der Waals surface area contributed by atoms with Crippen LogP contribution in [0.15, 0.2) is 54.4 Å². The fourth-order valence-corrected chi connectivity index (χ4v) is 3.38. The third-order valence-corrected chi connectivity index (χ3v) is 4.93. The minimum atomic E-state index is 0.527. The first-order valence-corrected chi connectivity index (χ1v) is 9.61. The van der Waals surface area contributed by atoms with Crippen LogP contribution in [-0.4, -0.2) is 23.2 Å². The lowest BCUT2D eigenvalue weighted by molar-refractivity contribution is 0.287. The standard InChI is InChI=1S/C20H25N3O2S/c1-16(13-23-8-7-21-15-23)11-22-12-17-5-6-19(20(10-17)24-2)25-14-18-4-3-9-26-18/h3-10,15-16,22H,11-14H2,1-2H3. The van der Waals surface area contributed by atoms with E-state index >= 15 is 0 Å². The lowest BCUT2D eigenvalue weighted by Gasteiger charge is -2.15. The lowest BCUT2D eigenvalue weighted by Crippen LogP contribution is -2.23. The third-order valence-electron chi connectivity index (χ3n) is 4.08. The van der Waals surface area contributed by atoms with Gasteiger partial charge in [-0.15, -0.1) is 11.3 Å². The molecule has 6 heteroatoms. The molecule has 138 valence electrons. The third kappa shape index (κ3) is 5.34. The number of aromatic nitrogens is 2. The van der Waals surface area contributed by atoms with Crippen molar-refractivity contribution in [2.24, 2.45) is 5.92 Å². The van der Waals surface area contributed by atoms with Gasteiger partial charge in [0.2, 0.25) is 0 Å². The summed E-state index contributed by atoms with van der Waals surface area (Å²) in [6.07, 6.45) is 5.67. The van der Waals surface area contributed by atoms with Gasteiger partial charge in [-0.05, 0) is 41.6 Å². The highest BCUT2D eigenvalue weighted by Gasteiger charge is 2.08. The van der Waals surface area contributed by atoms with Gasteiger partial charge in [-0.25, -0.2) is 4.98 Å². The smallest absolute Gasteiger partial charge is 0.161 e. The van der Waals surface area contributed by atoms with Gasteiger partial charge in [0, 0.05) is 30.4 Å². The summed E-state index contributed by atoms with van der Waals surface area (Å²) in [4.78, 5) is 5.28. The highest BCUT2D eigenvalue weighted by Crippen LogP contribution is 2.29. The molecule has 2 aromatic heterocycles. The zero-order valence-electron chi connectivity index (χ0n) is 15.2. The summed E-state index contributed by atoms with van der Waals surface area (Å²) in [5.74, 6) is 2.07. The van der Waals surface area contributed by atoms with Gasteiger partial charge in [0.15, 0.2) is 11.5 Å². The monoisotopic (exact) mass is 371 g/mol. The molecule has 1 aromatic carbocycles. The Morgan fingerprint density at radius 1 is 1.27 bits per heavy atom. The summed E-state index contributed by atoms with van der Waals surface area (Å²) in [6, 6.07) is 10.2. The highest BCUT2D eigenvalue weighted by molar-refractivity contribution is 7.09. The van der Waals surface area contributed by atoms with Crippen LogP contribution in [0.3, 0.4) is 0 Å². The van der Waals surface area contributed by atoms with Gasteiger partial charge in [-0.2, -0.15) is 0 Å². The van der Waals surface area contributed by atoms with Crippen molar-refractivity contribution in [3.05, 3.63) is 64.9 Å². The van der Waals surface area contributed by atoms with Crippen molar-refractivity contribution >= 4 is 11.3 Å². The number of nitrogens with one attached hydrogen (secondary N) is 1. The number of imidazole rings is 1. The van der Waals surface area contributed by atoms with Crippen LogP contribution in [0.1, 0.15) is 17.4 Å². The summed E-state index contributed by atoms with van der Waals surface area (Å²) in [6.45, 7) is 5.51. The lowest BCUT2D eigenvalue weighted by atomic mass is 10.1. The number of methoxy groups -OCH3 is 1. The number of benzene rings is 1. The van der Waals surface area contributed by atoms with Crippen LogP contribution < -0.4 is 14.8 Å². The molecule has 1 N–H and O–H groups in total. The Morgan fingerprint density at radius 2 is 2.19 bits per heavy atom.